The highest BCUT2D eigenvalue weighted by molar-refractivity contribution is 7.13. The van der Waals surface area contributed by atoms with Crippen LogP contribution in [0.15, 0.2) is 17.9 Å². The molecular formula is C7H6N6OS. The molecule has 1 amide bonds. The van der Waals surface area contributed by atoms with Gasteiger partial charge in [0.25, 0.3) is 5.91 Å². The molecule has 7 nitrogen and oxygen atoms in total. The van der Waals surface area contributed by atoms with Crippen molar-refractivity contribution in [2.24, 2.45) is 0 Å². The minimum Gasteiger partial charge on any atom is -0.382 e. The van der Waals surface area contributed by atoms with Crippen LogP contribution in [0.2, 0.25) is 0 Å². The molecule has 2 heterocycles. The zero-order valence-electron chi connectivity index (χ0n) is 7.41. The summed E-state index contributed by atoms with van der Waals surface area (Å²) in [4.78, 5) is 19.1. The van der Waals surface area contributed by atoms with Crippen LogP contribution in [-0.2, 0) is 0 Å². The van der Waals surface area contributed by atoms with Gasteiger partial charge in [0.05, 0.1) is 0 Å². The van der Waals surface area contributed by atoms with E-state index in [1.807, 2.05) is 0 Å². The van der Waals surface area contributed by atoms with Crippen LogP contribution in [0.3, 0.4) is 0 Å². The van der Waals surface area contributed by atoms with Crippen molar-refractivity contribution >= 4 is 28.2 Å². The Labute approximate surface area is 88.4 Å². The fraction of sp³-hybridized carbons (Fsp3) is 0. The molecule has 0 aliphatic carbocycles. The number of carbonyl (C=O) groups is 1. The molecule has 2 aromatic rings. The average molecular weight is 222 g/mol. The van der Waals surface area contributed by atoms with Crippen LogP contribution in [0.5, 0.6) is 0 Å². The first-order valence-electron chi connectivity index (χ1n) is 3.91. The molecule has 15 heavy (non-hydrogen) atoms. The number of aromatic nitrogens is 4. The van der Waals surface area contributed by atoms with E-state index < -0.39 is 5.91 Å². The smallest absolute Gasteiger partial charge is 0.279 e. The summed E-state index contributed by atoms with van der Waals surface area (Å²) in [6.45, 7) is 0. The number of nitrogen functional groups attached to an aromatic ring is 1. The Hall–Kier alpha value is -2.09. The number of nitrogens with one attached hydrogen (secondary N) is 1. The van der Waals surface area contributed by atoms with Gasteiger partial charge in [-0.2, -0.15) is 0 Å². The maximum Gasteiger partial charge on any atom is 0.279 e. The SMILES string of the molecule is Nc1nccnc1C(=O)Nc1nncs1. The number of nitrogens with two attached hydrogens (primary N) is 1. The zero-order valence-corrected chi connectivity index (χ0v) is 8.23. The Morgan fingerprint density at radius 2 is 2.20 bits per heavy atom. The Kier molecular flexibility index (Phi) is 2.50. The first-order valence-corrected chi connectivity index (χ1v) is 4.79. The van der Waals surface area contributed by atoms with Crippen LogP contribution >= 0.6 is 11.3 Å². The molecule has 0 radical (unpaired) electrons. The summed E-state index contributed by atoms with van der Waals surface area (Å²) in [7, 11) is 0. The molecular weight excluding hydrogens is 216 g/mol. The average Bonchev–Trinajstić information content (AvgIpc) is 2.71. The van der Waals surface area contributed by atoms with Gasteiger partial charge in [-0.05, 0) is 0 Å². The predicted molar refractivity (Wildman–Crippen MR) is 54.3 cm³/mol. The van der Waals surface area contributed by atoms with Crippen molar-refractivity contribution in [2.75, 3.05) is 11.1 Å². The second-order valence-corrected chi connectivity index (χ2v) is 3.32. The molecule has 3 N–H and O–H groups in total. The minimum absolute atomic E-state index is 0.0766. The van der Waals surface area contributed by atoms with Gasteiger partial charge in [-0.15, -0.1) is 10.2 Å². The molecule has 0 aliphatic heterocycles. The van der Waals surface area contributed by atoms with Crippen molar-refractivity contribution < 1.29 is 4.79 Å². The van der Waals surface area contributed by atoms with Crippen molar-refractivity contribution in [1.29, 1.82) is 0 Å². The summed E-state index contributed by atoms with van der Waals surface area (Å²) in [5.74, 6) is -0.364. The van der Waals surface area contributed by atoms with Gasteiger partial charge in [0.15, 0.2) is 11.5 Å². The third-order valence-electron chi connectivity index (χ3n) is 1.52. The normalized spacial score (nSPS) is 9.87. The number of anilines is 2. The number of hydrogen-bond acceptors (Lipinski definition) is 7. The van der Waals surface area contributed by atoms with Crippen molar-refractivity contribution in [1.82, 2.24) is 20.2 Å². The molecule has 2 aromatic heterocycles. The van der Waals surface area contributed by atoms with Gasteiger partial charge in [0.2, 0.25) is 5.13 Å². The van der Waals surface area contributed by atoms with E-state index >= 15 is 0 Å². The fourth-order valence-corrected chi connectivity index (χ4v) is 1.35. The van der Waals surface area contributed by atoms with E-state index in [1.165, 1.54) is 29.2 Å². The van der Waals surface area contributed by atoms with Crippen molar-refractivity contribution in [3.05, 3.63) is 23.6 Å². The lowest BCUT2D eigenvalue weighted by atomic mass is 10.4. The first-order chi connectivity index (χ1) is 7.27. The fourth-order valence-electron chi connectivity index (χ4n) is 0.908. The van der Waals surface area contributed by atoms with Crippen molar-refractivity contribution in [3.63, 3.8) is 0 Å². The Morgan fingerprint density at radius 3 is 2.87 bits per heavy atom. The Balaban J connectivity index is 2.19. The summed E-state index contributed by atoms with van der Waals surface area (Å²) in [5.41, 5.74) is 7.07. The van der Waals surface area contributed by atoms with Gasteiger partial charge in [0.1, 0.15) is 5.51 Å². The molecule has 0 fully saturated rings. The van der Waals surface area contributed by atoms with E-state index in [2.05, 4.69) is 25.5 Å². The highest BCUT2D eigenvalue weighted by Crippen LogP contribution is 2.11. The molecule has 76 valence electrons. The third-order valence-corrected chi connectivity index (χ3v) is 2.13. The van der Waals surface area contributed by atoms with Gasteiger partial charge in [-0.25, -0.2) is 9.97 Å². The zero-order chi connectivity index (χ0) is 10.7. The summed E-state index contributed by atoms with van der Waals surface area (Å²) < 4.78 is 0. The van der Waals surface area contributed by atoms with Crippen LogP contribution in [0, 0.1) is 0 Å². The Bertz CT molecular complexity index is 470. The van der Waals surface area contributed by atoms with Crippen LogP contribution in [-0.4, -0.2) is 26.1 Å². The second-order valence-electron chi connectivity index (χ2n) is 2.49. The largest absolute Gasteiger partial charge is 0.382 e. The van der Waals surface area contributed by atoms with Gasteiger partial charge in [0, 0.05) is 12.4 Å². The Morgan fingerprint density at radius 1 is 1.40 bits per heavy atom. The van der Waals surface area contributed by atoms with Gasteiger partial charge in [-0.1, -0.05) is 11.3 Å². The molecule has 0 saturated carbocycles. The molecule has 0 aromatic carbocycles. The van der Waals surface area contributed by atoms with Gasteiger partial charge in [-0.3, -0.25) is 10.1 Å². The van der Waals surface area contributed by atoms with E-state index in [9.17, 15) is 4.79 Å². The minimum atomic E-state index is -0.447. The lowest BCUT2D eigenvalue weighted by molar-refractivity contribution is 0.102. The molecule has 0 spiro atoms. The topological polar surface area (TPSA) is 107 Å². The number of nitrogens with zero attached hydrogens (tertiary/aromatic N) is 4. The van der Waals surface area contributed by atoms with E-state index in [-0.39, 0.29) is 11.5 Å². The lowest BCUT2D eigenvalue weighted by Crippen LogP contribution is -2.16. The maximum absolute atomic E-state index is 11.6. The number of carbonyl (C=O) groups excluding carboxylic acids is 1. The van der Waals surface area contributed by atoms with Crippen LogP contribution in [0.1, 0.15) is 10.5 Å². The first kappa shape index (κ1) is 9.46. The standard InChI is InChI=1S/C7H6N6OS/c8-5-4(9-1-2-10-5)6(14)12-7-13-11-3-15-7/h1-3H,(H2,8,10)(H,12,13,14). The lowest BCUT2D eigenvalue weighted by Gasteiger charge is -2.01. The second kappa shape index (κ2) is 3.96. The third kappa shape index (κ3) is 2.05. The van der Waals surface area contributed by atoms with Gasteiger partial charge < -0.3 is 5.73 Å². The van der Waals surface area contributed by atoms with E-state index in [0.717, 1.165) is 0 Å². The monoisotopic (exact) mass is 222 g/mol. The van der Waals surface area contributed by atoms with E-state index in [4.69, 9.17) is 5.73 Å². The van der Waals surface area contributed by atoms with Crippen LogP contribution in [0.25, 0.3) is 0 Å². The summed E-state index contributed by atoms with van der Waals surface area (Å²) >= 11 is 1.21. The molecule has 2 rings (SSSR count). The summed E-state index contributed by atoms with van der Waals surface area (Å²) in [6.07, 6.45) is 2.81. The highest BCUT2D eigenvalue weighted by Gasteiger charge is 2.13. The van der Waals surface area contributed by atoms with E-state index in [1.54, 1.807) is 0 Å². The summed E-state index contributed by atoms with van der Waals surface area (Å²) in [6, 6.07) is 0. The molecule has 8 heteroatoms. The number of rotatable bonds is 2. The van der Waals surface area contributed by atoms with Crippen LogP contribution < -0.4 is 11.1 Å². The highest BCUT2D eigenvalue weighted by atomic mass is 32.1. The van der Waals surface area contributed by atoms with E-state index in [0.29, 0.717) is 5.13 Å². The van der Waals surface area contributed by atoms with Crippen molar-refractivity contribution in [3.8, 4) is 0 Å². The molecule has 0 saturated heterocycles. The molecule has 0 aliphatic rings. The number of hydrogen-bond donors (Lipinski definition) is 2. The maximum atomic E-state index is 11.6. The van der Waals surface area contributed by atoms with Crippen LogP contribution in [0.4, 0.5) is 10.9 Å². The summed E-state index contributed by atoms with van der Waals surface area (Å²) in [5, 5.41) is 10.1. The molecule has 0 bridgehead atoms. The van der Waals surface area contributed by atoms with Crippen molar-refractivity contribution in [2.45, 2.75) is 0 Å². The molecule has 0 unspecified atom stereocenters. The molecule has 0 atom stereocenters. The number of amides is 1. The quantitative estimate of drug-likeness (QED) is 0.749. The predicted octanol–water partition coefficient (Wildman–Crippen LogP) is 0.163. The van der Waals surface area contributed by atoms with Gasteiger partial charge >= 0.3 is 0 Å².